The van der Waals surface area contributed by atoms with Crippen molar-refractivity contribution < 1.29 is 0 Å². The van der Waals surface area contributed by atoms with E-state index in [0.29, 0.717) is 5.82 Å². The van der Waals surface area contributed by atoms with Crippen LogP contribution in [0.2, 0.25) is 0 Å². The van der Waals surface area contributed by atoms with Gasteiger partial charge in [0.2, 0.25) is 0 Å². The van der Waals surface area contributed by atoms with Gasteiger partial charge >= 0.3 is 0 Å². The molecule has 11 rings (SSSR count). The Morgan fingerprint density at radius 1 is 0.440 bits per heavy atom. The molecule has 0 radical (unpaired) electrons. The number of thiophene rings is 1. The minimum absolute atomic E-state index is 0.706. The van der Waals surface area contributed by atoms with E-state index >= 15 is 0 Å². The number of nitrogens with zero attached hydrogens (tertiary/aromatic N) is 3. The van der Waals surface area contributed by atoms with Gasteiger partial charge in [0.05, 0.1) is 28.3 Å². The molecule has 4 heteroatoms. The molecule has 0 fully saturated rings. The highest BCUT2D eigenvalue weighted by molar-refractivity contribution is 7.25. The lowest BCUT2D eigenvalue weighted by Gasteiger charge is -2.35. The molecule has 3 heterocycles. The van der Waals surface area contributed by atoms with Crippen molar-refractivity contribution in [2.24, 2.45) is 0 Å². The molecule has 0 N–H and O–H groups in total. The van der Waals surface area contributed by atoms with E-state index in [1.54, 1.807) is 0 Å². The summed E-state index contributed by atoms with van der Waals surface area (Å²) in [6.07, 6.45) is 0. The quantitative estimate of drug-likeness (QED) is 0.190. The first-order valence-corrected chi connectivity index (χ1v) is 17.7. The van der Waals surface area contributed by atoms with Crippen molar-refractivity contribution in [3.05, 3.63) is 164 Å². The summed E-state index contributed by atoms with van der Waals surface area (Å²) in [6, 6.07) is 58.9. The van der Waals surface area contributed by atoms with E-state index in [1.165, 1.54) is 52.8 Å². The first-order chi connectivity index (χ1) is 24.8. The van der Waals surface area contributed by atoms with Crippen molar-refractivity contribution >= 4 is 81.0 Å². The van der Waals surface area contributed by atoms with Crippen LogP contribution in [0.5, 0.6) is 0 Å². The van der Waals surface area contributed by atoms with Gasteiger partial charge in [0.25, 0.3) is 0 Å². The third kappa shape index (κ3) is 3.97. The van der Waals surface area contributed by atoms with Crippen LogP contribution in [-0.2, 0) is 0 Å². The SMILES string of the molecule is c1ccc(N2c3ccc4ccccc4c3-c3cccc4cccc2c34)c(-c2nc(-c3ccc4sc5ccccc5c4c3)c3ccccc3n2)c1. The molecule has 3 nitrogen and oxygen atoms in total. The van der Waals surface area contributed by atoms with Gasteiger partial charge < -0.3 is 4.90 Å². The molecule has 50 heavy (non-hydrogen) atoms. The Morgan fingerprint density at radius 3 is 2.08 bits per heavy atom. The minimum Gasteiger partial charge on any atom is -0.308 e. The number of hydrogen-bond acceptors (Lipinski definition) is 4. The predicted octanol–water partition coefficient (Wildman–Crippen LogP) is 13.1. The lowest BCUT2D eigenvalue weighted by atomic mass is 9.87. The molecule has 0 spiro atoms. The molecule has 0 aliphatic carbocycles. The highest BCUT2D eigenvalue weighted by atomic mass is 32.1. The van der Waals surface area contributed by atoms with Crippen LogP contribution in [0.1, 0.15) is 0 Å². The Labute approximate surface area is 292 Å². The van der Waals surface area contributed by atoms with Crippen molar-refractivity contribution in [3.63, 3.8) is 0 Å². The molecule has 10 aromatic rings. The zero-order chi connectivity index (χ0) is 32.8. The molecule has 1 aliphatic rings. The number of rotatable bonds is 3. The smallest absolute Gasteiger partial charge is 0.162 e. The molecule has 0 atom stereocenters. The Hall–Kier alpha value is -6.36. The molecule has 0 unspecified atom stereocenters. The summed E-state index contributed by atoms with van der Waals surface area (Å²) in [5.41, 5.74) is 9.81. The lowest BCUT2D eigenvalue weighted by Crippen LogP contribution is -2.16. The van der Waals surface area contributed by atoms with Crippen LogP contribution >= 0.6 is 11.3 Å². The molecule has 0 bridgehead atoms. The normalized spacial score (nSPS) is 12.4. The molecule has 0 amide bonds. The van der Waals surface area contributed by atoms with Crippen molar-refractivity contribution in [3.8, 4) is 33.8 Å². The fourth-order valence-corrected chi connectivity index (χ4v) is 9.07. The number of anilines is 3. The van der Waals surface area contributed by atoms with Crippen molar-refractivity contribution in [1.29, 1.82) is 0 Å². The van der Waals surface area contributed by atoms with Crippen molar-refractivity contribution in [2.75, 3.05) is 4.90 Å². The molecule has 232 valence electrons. The largest absolute Gasteiger partial charge is 0.308 e. The van der Waals surface area contributed by atoms with Crippen LogP contribution in [0.4, 0.5) is 17.1 Å². The molecule has 2 aromatic heterocycles. The van der Waals surface area contributed by atoms with Crippen molar-refractivity contribution in [2.45, 2.75) is 0 Å². The average Bonchev–Trinajstić information content (AvgIpc) is 3.55. The summed E-state index contributed by atoms with van der Waals surface area (Å²) < 4.78 is 2.58. The molecule has 1 aliphatic heterocycles. The third-order valence-electron chi connectivity index (χ3n) is 10.2. The zero-order valence-corrected chi connectivity index (χ0v) is 27.7. The van der Waals surface area contributed by atoms with Crippen molar-refractivity contribution in [1.82, 2.24) is 9.97 Å². The van der Waals surface area contributed by atoms with Crippen LogP contribution < -0.4 is 4.90 Å². The Morgan fingerprint density at radius 2 is 1.14 bits per heavy atom. The second kappa shape index (κ2) is 10.6. The first-order valence-electron chi connectivity index (χ1n) is 16.9. The van der Waals surface area contributed by atoms with Crippen LogP contribution in [-0.4, -0.2) is 9.97 Å². The summed E-state index contributed by atoms with van der Waals surface area (Å²) in [7, 11) is 0. The van der Waals surface area contributed by atoms with Crippen LogP contribution in [0.25, 0.3) is 86.4 Å². The summed E-state index contributed by atoms with van der Waals surface area (Å²) in [6.45, 7) is 0. The molecule has 0 saturated heterocycles. The number of aromatic nitrogens is 2. The van der Waals surface area contributed by atoms with Gasteiger partial charge in [-0.1, -0.05) is 115 Å². The number of hydrogen-bond donors (Lipinski definition) is 0. The van der Waals surface area contributed by atoms with Crippen LogP contribution in [0.3, 0.4) is 0 Å². The summed E-state index contributed by atoms with van der Waals surface area (Å²) in [4.78, 5) is 13.1. The van der Waals surface area contributed by atoms with Gasteiger partial charge in [-0.25, -0.2) is 9.97 Å². The van der Waals surface area contributed by atoms with Gasteiger partial charge in [-0.3, -0.25) is 0 Å². The van der Waals surface area contributed by atoms with E-state index in [2.05, 4.69) is 169 Å². The van der Waals surface area contributed by atoms with E-state index in [4.69, 9.17) is 9.97 Å². The standard InChI is InChI=1S/C46H27N3S/c1-2-14-31-28(11-1)23-25-40-44(31)35-18-9-12-29-13-10-21-39(43(29)35)49(40)38-20-7-4-17-34(38)46-47-37-19-6-3-16-33(37)45(48-46)30-24-26-42-36(27-30)32-15-5-8-22-41(32)50-42/h1-27H. The predicted molar refractivity (Wildman–Crippen MR) is 212 cm³/mol. The van der Waals surface area contributed by atoms with E-state index in [1.807, 2.05) is 11.3 Å². The van der Waals surface area contributed by atoms with Gasteiger partial charge in [0, 0.05) is 47.6 Å². The van der Waals surface area contributed by atoms with E-state index in [0.717, 1.165) is 44.8 Å². The fourth-order valence-electron chi connectivity index (χ4n) is 7.98. The van der Waals surface area contributed by atoms with Gasteiger partial charge in [-0.15, -0.1) is 11.3 Å². The summed E-state index contributed by atoms with van der Waals surface area (Å²) in [5.74, 6) is 0.706. The maximum Gasteiger partial charge on any atom is 0.162 e. The van der Waals surface area contributed by atoms with E-state index < -0.39 is 0 Å². The summed E-state index contributed by atoms with van der Waals surface area (Å²) >= 11 is 1.84. The van der Waals surface area contributed by atoms with E-state index in [-0.39, 0.29) is 0 Å². The number of para-hydroxylation sites is 2. The zero-order valence-electron chi connectivity index (χ0n) is 26.8. The third-order valence-corrected chi connectivity index (χ3v) is 11.3. The van der Waals surface area contributed by atoms with Gasteiger partial charge in [-0.2, -0.15) is 0 Å². The van der Waals surface area contributed by atoms with Gasteiger partial charge in [-0.05, 0) is 70.3 Å². The number of benzene rings is 8. The van der Waals surface area contributed by atoms with Gasteiger partial charge in [0.15, 0.2) is 5.82 Å². The Kier molecular flexibility index (Phi) is 5.83. The molecule has 8 aromatic carbocycles. The Bertz CT molecular complexity index is 3010. The second-order valence-corrected chi connectivity index (χ2v) is 14.0. The number of fused-ring (bicyclic) bond motifs is 8. The first kappa shape index (κ1) is 27.6. The van der Waals surface area contributed by atoms with Crippen LogP contribution in [0, 0.1) is 0 Å². The maximum atomic E-state index is 5.43. The Balaban J connectivity index is 1.18. The lowest BCUT2D eigenvalue weighted by molar-refractivity contribution is 1.21. The topological polar surface area (TPSA) is 29.0 Å². The highest BCUT2D eigenvalue weighted by Crippen LogP contribution is 2.54. The maximum absolute atomic E-state index is 5.43. The monoisotopic (exact) mass is 653 g/mol. The molecule has 0 saturated carbocycles. The minimum atomic E-state index is 0.706. The van der Waals surface area contributed by atoms with E-state index in [9.17, 15) is 0 Å². The second-order valence-electron chi connectivity index (χ2n) is 12.9. The summed E-state index contributed by atoms with van der Waals surface area (Å²) in [5, 5.41) is 8.54. The fraction of sp³-hybridized carbons (Fsp3) is 0. The highest BCUT2D eigenvalue weighted by Gasteiger charge is 2.29. The molecular formula is C46H27N3S. The van der Waals surface area contributed by atoms with Gasteiger partial charge in [0.1, 0.15) is 0 Å². The van der Waals surface area contributed by atoms with Crippen LogP contribution in [0.15, 0.2) is 164 Å². The molecular weight excluding hydrogens is 627 g/mol. The average molecular weight is 654 g/mol.